The van der Waals surface area contributed by atoms with E-state index in [1.807, 2.05) is 0 Å². The molecule has 1 aliphatic heterocycles. The van der Waals surface area contributed by atoms with E-state index in [1.165, 1.54) is 24.1 Å². The number of carbonyl (C=O) groups is 1. The van der Waals surface area contributed by atoms with E-state index in [0.717, 1.165) is 48.6 Å². The predicted molar refractivity (Wildman–Crippen MR) is 112 cm³/mol. The van der Waals surface area contributed by atoms with Gasteiger partial charge in [0.2, 0.25) is 5.91 Å². The van der Waals surface area contributed by atoms with Gasteiger partial charge in [-0.25, -0.2) is 4.99 Å². The van der Waals surface area contributed by atoms with Crippen LogP contribution in [0.4, 0.5) is 0 Å². The van der Waals surface area contributed by atoms with Crippen LogP contribution >= 0.6 is 27.3 Å². The maximum Gasteiger partial charge on any atom is 0.225 e. The number of hydrogen-bond donors (Lipinski definition) is 2. The summed E-state index contributed by atoms with van der Waals surface area (Å²) < 4.78 is 1.13. The Bertz CT molecular complexity index is 627. The quantitative estimate of drug-likeness (QED) is 0.541. The number of likely N-dealkylation sites (tertiary alicyclic amines) is 1. The zero-order valence-corrected chi connectivity index (χ0v) is 17.9. The second-order valence-corrected chi connectivity index (χ2v) is 9.70. The predicted octanol–water partition coefficient (Wildman–Crippen LogP) is 3.75. The fourth-order valence-corrected chi connectivity index (χ4v) is 5.20. The zero-order valence-electron chi connectivity index (χ0n) is 15.5. The van der Waals surface area contributed by atoms with Crippen LogP contribution < -0.4 is 10.6 Å². The Hall–Kier alpha value is -1.08. The minimum Gasteiger partial charge on any atom is -0.357 e. The van der Waals surface area contributed by atoms with Crippen molar-refractivity contribution in [3.63, 3.8) is 0 Å². The second-order valence-electron chi connectivity index (χ2n) is 7.15. The molecule has 7 heteroatoms. The van der Waals surface area contributed by atoms with Crippen molar-refractivity contribution < 1.29 is 4.79 Å². The Kier molecular flexibility index (Phi) is 7.37. The molecule has 2 heterocycles. The monoisotopic (exact) mass is 440 g/mol. The first-order valence-electron chi connectivity index (χ1n) is 9.73. The molecule has 1 atom stereocenters. The first kappa shape index (κ1) is 19.7. The van der Waals surface area contributed by atoms with E-state index in [9.17, 15) is 4.79 Å². The molecule has 5 nitrogen and oxygen atoms in total. The highest BCUT2D eigenvalue weighted by molar-refractivity contribution is 9.11. The van der Waals surface area contributed by atoms with Crippen LogP contribution in [0.25, 0.3) is 0 Å². The smallest absolute Gasteiger partial charge is 0.225 e. The fraction of sp³-hybridized carbons (Fsp3) is 0.684. The Morgan fingerprint density at radius 3 is 2.81 bits per heavy atom. The molecule has 2 N–H and O–H groups in total. The van der Waals surface area contributed by atoms with Crippen molar-refractivity contribution in [1.29, 1.82) is 0 Å². The largest absolute Gasteiger partial charge is 0.357 e. The van der Waals surface area contributed by atoms with Crippen LogP contribution in [-0.4, -0.2) is 42.4 Å². The average molecular weight is 441 g/mol. The van der Waals surface area contributed by atoms with Crippen molar-refractivity contribution >= 4 is 39.1 Å². The summed E-state index contributed by atoms with van der Waals surface area (Å²) in [4.78, 5) is 20.7. The molecule has 26 heavy (non-hydrogen) atoms. The molecule has 0 bridgehead atoms. The van der Waals surface area contributed by atoms with Crippen molar-refractivity contribution in [1.82, 2.24) is 15.5 Å². The summed E-state index contributed by atoms with van der Waals surface area (Å²) in [6.45, 7) is 5.24. The molecule has 1 aliphatic carbocycles. The van der Waals surface area contributed by atoms with Crippen molar-refractivity contribution in [3.05, 3.63) is 20.8 Å². The molecule has 0 radical (unpaired) electrons. The SMILES string of the molecule is CCNC(=NCc1ccc(Br)s1)NC1CCN(C(=O)C2CCCCC2)C1. The summed E-state index contributed by atoms with van der Waals surface area (Å²) in [5.41, 5.74) is 0. The number of nitrogens with one attached hydrogen (secondary N) is 2. The Morgan fingerprint density at radius 2 is 2.12 bits per heavy atom. The number of carbonyl (C=O) groups excluding carboxylic acids is 1. The van der Waals surface area contributed by atoms with Gasteiger partial charge in [-0.15, -0.1) is 11.3 Å². The molecule has 1 amide bonds. The van der Waals surface area contributed by atoms with E-state index in [0.29, 0.717) is 12.5 Å². The van der Waals surface area contributed by atoms with Crippen LogP contribution in [0.15, 0.2) is 20.9 Å². The lowest BCUT2D eigenvalue weighted by Crippen LogP contribution is -2.45. The number of aliphatic imine (C=N–C) groups is 1. The molecule has 1 saturated carbocycles. The molecule has 0 aromatic carbocycles. The van der Waals surface area contributed by atoms with Gasteiger partial charge in [0.25, 0.3) is 0 Å². The summed E-state index contributed by atoms with van der Waals surface area (Å²) in [6.07, 6.45) is 6.86. The summed E-state index contributed by atoms with van der Waals surface area (Å²) in [7, 11) is 0. The maximum absolute atomic E-state index is 12.7. The highest BCUT2D eigenvalue weighted by Crippen LogP contribution is 2.27. The summed E-state index contributed by atoms with van der Waals surface area (Å²) in [5.74, 6) is 1.48. The summed E-state index contributed by atoms with van der Waals surface area (Å²) >= 11 is 5.21. The number of halogens is 1. The molecule has 1 saturated heterocycles. The molecule has 1 aromatic rings. The molecular formula is C19H29BrN4OS. The van der Waals surface area contributed by atoms with Gasteiger partial charge in [0.05, 0.1) is 10.3 Å². The number of amides is 1. The topological polar surface area (TPSA) is 56.7 Å². The molecule has 1 unspecified atom stereocenters. The standard InChI is InChI=1S/C19H29BrN4OS/c1-2-21-19(22-12-16-8-9-17(20)26-16)23-15-10-11-24(13-15)18(25)14-6-4-3-5-7-14/h8-9,14-15H,2-7,10-13H2,1H3,(H2,21,22,23). The van der Waals surface area contributed by atoms with E-state index in [4.69, 9.17) is 4.99 Å². The molecular weight excluding hydrogens is 412 g/mol. The molecule has 0 spiro atoms. The number of rotatable bonds is 5. The Morgan fingerprint density at radius 1 is 1.31 bits per heavy atom. The normalized spacial score (nSPS) is 21.8. The van der Waals surface area contributed by atoms with Crippen LogP contribution in [0.3, 0.4) is 0 Å². The van der Waals surface area contributed by atoms with Gasteiger partial charge in [-0.3, -0.25) is 4.79 Å². The van der Waals surface area contributed by atoms with Crippen molar-refractivity contribution in [2.75, 3.05) is 19.6 Å². The first-order valence-corrected chi connectivity index (χ1v) is 11.3. The first-order chi connectivity index (χ1) is 12.7. The Balaban J connectivity index is 1.52. The average Bonchev–Trinajstić information content (AvgIpc) is 3.29. The lowest BCUT2D eigenvalue weighted by atomic mass is 9.88. The molecule has 1 aromatic heterocycles. The van der Waals surface area contributed by atoms with Crippen LogP contribution in [-0.2, 0) is 11.3 Å². The fourth-order valence-electron chi connectivity index (χ4n) is 3.79. The van der Waals surface area contributed by atoms with Gasteiger partial charge in [0.15, 0.2) is 5.96 Å². The van der Waals surface area contributed by atoms with Crippen molar-refractivity contribution in [3.8, 4) is 0 Å². The van der Waals surface area contributed by atoms with Crippen molar-refractivity contribution in [2.24, 2.45) is 10.9 Å². The summed E-state index contributed by atoms with van der Waals surface area (Å²) in [6, 6.07) is 4.44. The van der Waals surface area contributed by atoms with Gasteiger partial charge in [-0.2, -0.15) is 0 Å². The molecule has 2 aliphatic rings. The third-order valence-corrected chi connectivity index (χ3v) is 6.77. The van der Waals surface area contributed by atoms with Gasteiger partial charge in [0.1, 0.15) is 0 Å². The number of guanidine groups is 1. The third-order valence-electron chi connectivity index (χ3n) is 5.16. The van der Waals surface area contributed by atoms with Crippen LogP contribution in [0, 0.1) is 5.92 Å². The van der Waals surface area contributed by atoms with E-state index >= 15 is 0 Å². The molecule has 144 valence electrons. The van der Waals surface area contributed by atoms with Gasteiger partial charge in [-0.05, 0) is 54.2 Å². The van der Waals surface area contributed by atoms with Crippen LogP contribution in [0.2, 0.25) is 0 Å². The van der Waals surface area contributed by atoms with Gasteiger partial charge in [0, 0.05) is 36.5 Å². The zero-order chi connectivity index (χ0) is 18.4. The Labute approximate surface area is 168 Å². The minimum atomic E-state index is 0.265. The number of nitrogens with zero attached hydrogens (tertiary/aromatic N) is 2. The van der Waals surface area contributed by atoms with E-state index in [2.05, 4.69) is 50.5 Å². The van der Waals surface area contributed by atoms with E-state index < -0.39 is 0 Å². The second kappa shape index (κ2) is 9.74. The van der Waals surface area contributed by atoms with Crippen LogP contribution in [0.1, 0.15) is 50.3 Å². The number of thiophene rings is 1. The third kappa shape index (κ3) is 5.46. The maximum atomic E-state index is 12.7. The minimum absolute atomic E-state index is 0.265. The van der Waals surface area contributed by atoms with Gasteiger partial charge in [-0.1, -0.05) is 19.3 Å². The van der Waals surface area contributed by atoms with Gasteiger partial charge < -0.3 is 15.5 Å². The number of hydrogen-bond acceptors (Lipinski definition) is 3. The van der Waals surface area contributed by atoms with E-state index in [1.54, 1.807) is 11.3 Å². The molecule has 3 rings (SSSR count). The molecule has 2 fully saturated rings. The van der Waals surface area contributed by atoms with Crippen molar-refractivity contribution in [2.45, 2.75) is 58.0 Å². The lowest BCUT2D eigenvalue weighted by Gasteiger charge is -2.26. The lowest BCUT2D eigenvalue weighted by molar-refractivity contribution is -0.135. The highest BCUT2D eigenvalue weighted by atomic mass is 79.9. The van der Waals surface area contributed by atoms with E-state index in [-0.39, 0.29) is 12.0 Å². The summed E-state index contributed by atoms with van der Waals surface area (Å²) in [5, 5.41) is 6.84. The van der Waals surface area contributed by atoms with Gasteiger partial charge >= 0.3 is 0 Å². The highest BCUT2D eigenvalue weighted by Gasteiger charge is 2.31. The van der Waals surface area contributed by atoms with Crippen LogP contribution in [0.5, 0.6) is 0 Å².